The fourth-order valence-corrected chi connectivity index (χ4v) is 1.94. The minimum Gasteiger partial charge on any atom is -0.493 e. The molecule has 1 atom stereocenters. The summed E-state index contributed by atoms with van der Waals surface area (Å²) < 4.78 is 11.0. The second-order valence-corrected chi connectivity index (χ2v) is 4.19. The van der Waals surface area contributed by atoms with E-state index in [0.717, 1.165) is 19.3 Å². The highest BCUT2D eigenvalue weighted by atomic mass is 16.5. The monoisotopic (exact) mass is 248 g/mol. The van der Waals surface area contributed by atoms with Crippen molar-refractivity contribution >= 4 is 5.97 Å². The van der Waals surface area contributed by atoms with Crippen molar-refractivity contribution in [2.24, 2.45) is 0 Å². The van der Waals surface area contributed by atoms with E-state index in [4.69, 9.17) is 14.6 Å². The Morgan fingerprint density at radius 2 is 2.22 bits per heavy atom. The summed E-state index contributed by atoms with van der Waals surface area (Å²) in [6.07, 6.45) is 7.36. The van der Waals surface area contributed by atoms with Crippen LogP contribution in [0.25, 0.3) is 0 Å². The first-order valence-corrected chi connectivity index (χ1v) is 5.95. The molecule has 0 bridgehead atoms. The first-order chi connectivity index (χ1) is 8.70. The molecule has 0 saturated heterocycles. The first kappa shape index (κ1) is 12.5. The lowest BCUT2D eigenvalue weighted by Crippen LogP contribution is -2.16. The zero-order valence-electron chi connectivity index (χ0n) is 10.3. The lowest BCUT2D eigenvalue weighted by atomic mass is 10.1. The molecule has 96 valence electrons. The van der Waals surface area contributed by atoms with Gasteiger partial charge < -0.3 is 14.6 Å². The summed E-state index contributed by atoms with van der Waals surface area (Å²) in [5, 5.41) is 8.91. The van der Waals surface area contributed by atoms with Crippen molar-refractivity contribution < 1.29 is 19.4 Å². The van der Waals surface area contributed by atoms with Gasteiger partial charge in [0, 0.05) is 0 Å². The van der Waals surface area contributed by atoms with Crippen LogP contribution in [0.5, 0.6) is 11.5 Å². The van der Waals surface area contributed by atoms with Crippen LogP contribution in [0.2, 0.25) is 0 Å². The van der Waals surface area contributed by atoms with Gasteiger partial charge in [0.15, 0.2) is 11.5 Å². The molecule has 0 aliphatic heterocycles. The third kappa shape index (κ3) is 2.83. The van der Waals surface area contributed by atoms with E-state index in [2.05, 4.69) is 6.08 Å². The highest BCUT2D eigenvalue weighted by Gasteiger charge is 2.14. The molecule has 1 aliphatic carbocycles. The summed E-state index contributed by atoms with van der Waals surface area (Å²) in [6, 6.07) is 4.64. The van der Waals surface area contributed by atoms with Crippen molar-refractivity contribution in [3.05, 3.63) is 35.9 Å². The van der Waals surface area contributed by atoms with Crippen molar-refractivity contribution in [1.82, 2.24) is 0 Å². The number of aromatic carboxylic acids is 1. The van der Waals surface area contributed by atoms with E-state index >= 15 is 0 Å². The molecular formula is C14H16O4. The van der Waals surface area contributed by atoms with E-state index in [9.17, 15) is 4.79 Å². The van der Waals surface area contributed by atoms with Crippen molar-refractivity contribution in [1.29, 1.82) is 0 Å². The number of carboxylic acid groups (broad SMARTS) is 1. The van der Waals surface area contributed by atoms with Crippen LogP contribution in [-0.2, 0) is 0 Å². The van der Waals surface area contributed by atoms with Crippen molar-refractivity contribution in [2.75, 3.05) is 7.11 Å². The van der Waals surface area contributed by atoms with Crippen LogP contribution in [0.1, 0.15) is 29.6 Å². The van der Waals surface area contributed by atoms with Crippen molar-refractivity contribution in [3.63, 3.8) is 0 Å². The lowest BCUT2D eigenvalue weighted by Gasteiger charge is -2.20. The van der Waals surface area contributed by atoms with Gasteiger partial charge in [0.05, 0.1) is 12.7 Å². The summed E-state index contributed by atoms with van der Waals surface area (Å²) in [5.74, 6) is 0.0605. The molecule has 1 aromatic carbocycles. The molecule has 4 heteroatoms. The number of benzene rings is 1. The molecule has 1 aromatic rings. The van der Waals surface area contributed by atoms with Gasteiger partial charge in [-0.1, -0.05) is 6.08 Å². The van der Waals surface area contributed by atoms with Crippen LogP contribution in [0.15, 0.2) is 30.4 Å². The van der Waals surface area contributed by atoms with Gasteiger partial charge in [-0.25, -0.2) is 4.79 Å². The smallest absolute Gasteiger partial charge is 0.335 e. The lowest BCUT2D eigenvalue weighted by molar-refractivity contribution is 0.0696. The second-order valence-electron chi connectivity index (χ2n) is 4.19. The van der Waals surface area contributed by atoms with Gasteiger partial charge in [-0.2, -0.15) is 0 Å². The van der Waals surface area contributed by atoms with Gasteiger partial charge >= 0.3 is 5.97 Å². The molecular weight excluding hydrogens is 232 g/mol. The van der Waals surface area contributed by atoms with E-state index in [1.165, 1.54) is 19.2 Å². The van der Waals surface area contributed by atoms with Gasteiger partial charge in [-0.15, -0.1) is 0 Å². The van der Waals surface area contributed by atoms with Crippen LogP contribution < -0.4 is 9.47 Å². The maximum atomic E-state index is 10.9. The Bertz CT molecular complexity index is 465. The Kier molecular flexibility index (Phi) is 3.87. The third-order valence-corrected chi connectivity index (χ3v) is 2.90. The number of rotatable bonds is 4. The van der Waals surface area contributed by atoms with Crippen LogP contribution in [-0.4, -0.2) is 24.3 Å². The van der Waals surface area contributed by atoms with E-state index in [0.29, 0.717) is 11.5 Å². The van der Waals surface area contributed by atoms with Crippen molar-refractivity contribution in [3.8, 4) is 11.5 Å². The van der Waals surface area contributed by atoms with E-state index in [1.807, 2.05) is 6.08 Å². The van der Waals surface area contributed by atoms with E-state index in [1.54, 1.807) is 6.07 Å². The zero-order chi connectivity index (χ0) is 13.0. The number of ether oxygens (including phenoxy) is 2. The van der Waals surface area contributed by atoms with Gasteiger partial charge in [0.25, 0.3) is 0 Å². The van der Waals surface area contributed by atoms with Gasteiger partial charge in [-0.05, 0) is 43.5 Å². The Balaban J connectivity index is 2.19. The molecule has 1 aliphatic rings. The fraction of sp³-hybridized carbons (Fsp3) is 0.357. The molecule has 1 N–H and O–H groups in total. The third-order valence-electron chi connectivity index (χ3n) is 2.90. The molecule has 0 aromatic heterocycles. The van der Waals surface area contributed by atoms with E-state index < -0.39 is 5.97 Å². The molecule has 2 rings (SSSR count). The Hall–Kier alpha value is -1.97. The maximum absolute atomic E-state index is 10.9. The van der Waals surface area contributed by atoms with E-state index in [-0.39, 0.29) is 11.7 Å². The predicted molar refractivity (Wildman–Crippen MR) is 67.4 cm³/mol. The Labute approximate surface area is 106 Å². The normalized spacial score (nSPS) is 18.4. The Morgan fingerprint density at radius 1 is 1.39 bits per heavy atom. The molecule has 0 saturated carbocycles. The number of hydrogen-bond acceptors (Lipinski definition) is 3. The topological polar surface area (TPSA) is 55.8 Å². The molecule has 0 heterocycles. The zero-order valence-corrected chi connectivity index (χ0v) is 10.3. The summed E-state index contributed by atoms with van der Waals surface area (Å²) >= 11 is 0. The molecule has 0 amide bonds. The number of carboxylic acids is 1. The number of allylic oxidation sites excluding steroid dienone is 1. The first-order valence-electron chi connectivity index (χ1n) is 5.95. The number of hydrogen-bond donors (Lipinski definition) is 1. The molecule has 0 spiro atoms. The molecule has 4 nitrogen and oxygen atoms in total. The minimum absolute atomic E-state index is 0.0447. The van der Waals surface area contributed by atoms with Crippen LogP contribution in [0.3, 0.4) is 0 Å². The average molecular weight is 248 g/mol. The van der Waals surface area contributed by atoms with Gasteiger partial charge in [0.2, 0.25) is 0 Å². The van der Waals surface area contributed by atoms with Crippen LogP contribution >= 0.6 is 0 Å². The van der Waals surface area contributed by atoms with Crippen LogP contribution in [0.4, 0.5) is 0 Å². The maximum Gasteiger partial charge on any atom is 0.335 e. The van der Waals surface area contributed by atoms with Gasteiger partial charge in [-0.3, -0.25) is 0 Å². The summed E-state index contributed by atoms with van der Waals surface area (Å²) in [6.45, 7) is 0. The molecule has 0 fully saturated rings. The highest BCUT2D eigenvalue weighted by Crippen LogP contribution is 2.30. The number of carbonyl (C=O) groups is 1. The SMILES string of the molecule is COc1cc(C(=O)O)ccc1OC1C=CCCC1. The summed E-state index contributed by atoms with van der Waals surface area (Å²) in [4.78, 5) is 10.9. The Morgan fingerprint density at radius 3 is 2.83 bits per heavy atom. The summed E-state index contributed by atoms with van der Waals surface area (Å²) in [7, 11) is 1.50. The predicted octanol–water partition coefficient (Wildman–Crippen LogP) is 2.88. The average Bonchev–Trinajstić information content (AvgIpc) is 2.40. The molecule has 18 heavy (non-hydrogen) atoms. The summed E-state index contributed by atoms with van der Waals surface area (Å²) in [5.41, 5.74) is 0.193. The quantitative estimate of drug-likeness (QED) is 0.832. The number of methoxy groups -OCH3 is 1. The second kappa shape index (κ2) is 5.58. The minimum atomic E-state index is -0.975. The molecule has 1 unspecified atom stereocenters. The van der Waals surface area contributed by atoms with Crippen molar-refractivity contribution in [2.45, 2.75) is 25.4 Å². The highest BCUT2D eigenvalue weighted by molar-refractivity contribution is 5.88. The standard InChI is InChI=1S/C14H16O4/c1-17-13-9-10(14(15)16)7-8-12(13)18-11-5-3-2-4-6-11/h3,5,7-9,11H,2,4,6H2,1H3,(H,15,16). The largest absolute Gasteiger partial charge is 0.493 e. The molecule has 0 radical (unpaired) electrons. The van der Waals surface area contributed by atoms with Crippen LogP contribution in [0, 0.1) is 0 Å². The van der Waals surface area contributed by atoms with Gasteiger partial charge in [0.1, 0.15) is 6.10 Å². The fourth-order valence-electron chi connectivity index (χ4n) is 1.94.